The Balaban J connectivity index is 1.62. The van der Waals surface area contributed by atoms with E-state index in [1.807, 2.05) is 6.92 Å². The summed E-state index contributed by atoms with van der Waals surface area (Å²) in [6.45, 7) is 3.56. The molecule has 1 aromatic rings. The van der Waals surface area contributed by atoms with E-state index in [0.29, 0.717) is 19.6 Å². The molecule has 0 bridgehead atoms. The summed E-state index contributed by atoms with van der Waals surface area (Å²) in [5.74, 6) is -0.822. The molecule has 1 amide bonds. The molecule has 27 heavy (non-hydrogen) atoms. The lowest BCUT2D eigenvalue weighted by atomic mass is 10.1. The van der Waals surface area contributed by atoms with Crippen LogP contribution in [-0.4, -0.2) is 61.8 Å². The molecule has 2 saturated heterocycles. The van der Waals surface area contributed by atoms with Gasteiger partial charge in [-0.25, -0.2) is 13.2 Å². The van der Waals surface area contributed by atoms with Crippen LogP contribution in [0.25, 0.3) is 0 Å². The number of esters is 1. The van der Waals surface area contributed by atoms with Crippen LogP contribution in [0.5, 0.6) is 0 Å². The predicted octanol–water partition coefficient (Wildman–Crippen LogP) is 2.03. The van der Waals surface area contributed by atoms with E-state index in [2.05, 4.69) is 0 Å². The summed E-state index contributed by atoms with van der Waals surface area (Å²) in [5, 5.41) is 0. The number of hydrogen-bond donors (Lipinski definition) is 0. The lowest BCUT2D eigenvalue weighted by molar-refractivity contribution is -0.133. The highest BCUT2D eigenvalue weighted by atomic mass is 32.2. The van der Waals surface area contributed by atoms with E-state index < -0.39 is 16.0 Å². The van der Waals surface area contributed by atoms with Crippen molar-refractivity contribution in [3.63, 3.8) is 0 Å². The number of sulfonamides is 1. The van der Waals surface area contributed by atoms with E-state index in [4.69, 9.17) is 4.74 Å². The number of carbonyl (C=O) groups excluding carboxylic acids is 2. The van der Waals surface area contributed by atoms with Gasteiger partial charge in [0.2, 0.25) is 10.0 Å². The Labute approximate surface area is 160 Å². The van der Waals surface area contributed by atoms with E-state index in [1.54, 1.807) is 4.90 Å². The monoisotopic (exact) mass is 394 g/mol. The number of ether oxygens (including phenoxy) is 1. The average molecular weight is 394 g/mol. The highest BCUT2D eigenvalue weighted by Gasteiger charge is 2.31. The number of likely N-dealkylation sites (tertiary alicyclic amines) is 1. The van der Waals surface area contributed by atoms with Crippen LogP contribution in [0.15, 0.2) is 29.2 Å². The summed E-state index contributed by atoms with van der Waals surface area (Å²) in [5.41, 5.74) is 0.231. The molecule has 0 spiro atoms. The third-order valence-corrected chi connectivity index (χ3v) is 7.25. The van der Waals surface area contributed by atoms with E-state index >= 15 is 0 Å². The van der Waals surface area contributed by atoms with Crippen molar-refractivity contribution in [3.8, 4) is 0 Å². The standard InChI is InChI=1S/C19H26N2O5S/c1-15-6-2-3-13-21(15)27(24,25)17-9-7-16(8-10-17)19(23)26-14-18(22)20-11-4-5-12-20/h7-10,15H,2-6,11-14H2,1H3/t15-/m0/s1. The second-order valence-electron chi connectivity index (χ2n) is 7.15. The Morgan fingerprint density at radius 3 is 2.30 bits per heavy atom. The highest BCUT2D eigenvalue weighted by Crippen LogP contribution is 2.25. The number of piperidine rings is 1. The molecule has 148 valence electrons. The first-order chi connectivity index (χ1) is 12.9. The lowest BCUT2D eigenvalue weighted by Gasteiger charge is -2.32. The minimum Gasteiger partial charge on any atom is -0.452 e. The fraction of sp³-hybridized carbons (Fsp3) is 0.579. The van der Waals surface area contributed by atoms with Crippen molar-refractivity contribution in [1.29, 1.82) is 0 Å². The van der Waals surface area contributed by atoms with Crippen molar-refractivity contribution in [2.45, 2.75) is 50.0 Å². The van der Waals surface area contributed by atoms with Crippen molar-refractivity contribution in [3.05, 3.63) is 29.8 Å². The molecule has 8 heteroatoms. The summed E-state index contributed by atoms with van der Waals surface area (Å²) in [4.78, 5) is 25.9. The third-order valence-electron chi connectivity index (χ3n) is 5.22. The number of benzene rings is 1. The lowest BCUT2D eigenvalue weighted by Crippen LogP contribution is -2.41. The summed E-state index contributed by atoms with van der Waals surface area (Å²) in [6.07, 6.45) is 4.71. The molecule has 0 aliphatic carbocycles. The van der Waals surface area contributed by atoms with E-state index in [0.717, 1.165) is 32.1 Å². The van der Waals surface area contributed by atoms with E-state index in [9.17, 15) is 18.0 Å². The Morgan fingerprint density at radius 1 is 1.04 bits per heavy atom. The van der Waals surface area contributed by atoms with Gasteiger partial charge in [0.25, 0.3) is 5.91 Å². The topological polar surface area (TPSA) is 84.0 Å². The van der Waals surface area contributed by atoms with Gasteiger partial charge in [-0.05, 0) is 56.9 Å². The van der Waals surface area contributed by atoms with Crippen molar-refractivity contribution < 1.29 is 22.7 Å². The first-order valence-corrected chi connectivity index (χ1v) is 10.9. The zero-order valence-corrected chi connectivity index (χ0v) is 16.4. The van der Waals surface area contributed by atoms with E-state index in [1.165, 1.54) is 28.6 Å². The summed E-state index contributed by atoms with van der Waals surface area (Å²) in [7, 11) is -3.57. The maximum absolute atomic E-state index is 12.8. The maximum Gasteiger partial charge on any atom is 0.338 e. The van der Waals surface area contributed by atoms with Crippen LogP contribution in [0.2, 0.25) is 0 Å². The first-order valence-electron chi connectivity index (χ1n) is 9.46. The molecule has 2 fully saturated rings. The van der Waals surface area contributed by atoms with Crippen molar-refractivity contribution in [2.75, 3.05) is 26.2 Å². The van der Waals surface area contributed by atoms with Gasteiger partial charge in [0.05, 0.1) is 10.5 Å². The van der Waals surface area contributed by atoms with Crippen LogP contribution in [0.4, 0.5) is 0 Å². The molecule has 2 aliphatic heterocycles. The first kappa shape index (κ1) is 19.8. The highest BCUT2D eigenvalue weighted by molar-refractivity contribution is 7.89. The maximum atomic E-state index is 12.8. The SMILES string of the molecule is C[C@H]1CCCCN1S(=O)(=O)c1ccc(C(=O)OCC(=O)N2CCCC2)cc1. The minimum absolute atomic E-state index is 0.0232. The van der Waals surface area contributed by atoms with Crippen LogP contribution < -0.4 is 0 Å². The van der Waals surface area contributed by atoms with Crippen molar-refractivity contribution in [2.24, 2.45) is 0 Å². The normalized spacial score (nSPS) is 21.2. The summed E-state index contributed by atoms with van der Waals surface area (Å²) >= 11 is 0. The quantitative estimate of drug-likeness (QED) is 0.714. The molecule has 7 nitrogen and oxygen atoms in total. The molecule has 3 rings (SSSR count). The molecule has 2 heterocycles. The Hall–Kier alpha value is -1.93. The van der Waals surface area contributed by atoms with Gasteiger partial charge >= 0.3 is 5.97 Å². The second-order valence-corrected chi connectivity index (χ2v) is 9.04. The minimum atomic E-state index is -3.57. The third kappa shape index (κ3) is 4.50. The van der Waals surface area contributed by atoms with E-state index in [-0.39, 0.29) is 29.0 Å². The van der Waals surface area contributed by atoms with Gasteiger partial charge in [0.15, 0.2) is 6.61 Å². The Morgan fingerprint density at radius 2 is 1.67 bits per heavy atom. The van der Waals surface area contributed by atoms with Gasteiger partial charge in [-0.3, -0.25) is 4.79 Å². The van der Waals surface area contributed by atoms with Gasteiger partial charge in [0.1, 0.15) is 0 Å². The number of carbonyl (C=O) groups is 2. The smallest absolute Gasteiger partial charge is 0.338 e. The van der Waals surface area contributed by atoms with Crippen LogP contribution in [0.1, 0.15) is 49.4 Å². The number of nitrogens with zero attached hydrogens (tertiary/aromatic N) is 2. The molecular formula is C19H26N2O5S. The number of rotatable bonds is 5. The van der Waals surface area contributed by atoms with Crippen LogP contribution >= 0.6 is 0 Å². The predicted molar refractivity (Wildman–Crippen MR) is 99.7 cm³/mol. The van der Waals surface area contributed by atoms with Crippen LogP contribution in [0.3, 0.4) is 0 Å². The van der Waals surface area contributed by atoms with Gasteiger partial charge < -0.3 is 9.64 Å². The summed E-state index contributed by atoms with van der Waals surface area (Å²) < 4.78 is 32.2. The Bertz CT molecular complexity index is 785. The van der Waals surface area contributed by atoms with Crippen LogP contribution in [-0.2, 0) is 19.6 Å². The molecule has 0 radical (unpaired) electrons. The fourth-order valence-electron chi connectivity index (χ4n) is 3.60. The fourth-order valence-corrected chi connectivity index (χ4v) is 5.30. The molecular weight excluding hydrogens is 368 g/mol. The molecule has 1 aromatic carbocycles. The Kier molecular flexibility index (Phi) is 6.16. The van der Waals surface area contributed by atoms with Gasteiger partial charge in [-0.2, -0.15) is 4.31 Å². The van der Waals surface area contributed by atoms with Crippen molar-refractivity contribution >= 4 is 21.9 Å². The van der Waals surface area contributed by atoms with Crippen molar-refractivity contribution in [1.82, 2.24) is 9.21 Å². The number of hydrogen-bond acceptors (Lipinski definition) is 5. The summed E-state index contributed by atoms with van der Waals surface area (Å²) in [6, 6.07) is 5.70. The zero-order valence-electron chi connectivity index (χ0n) is 15.6. The van der Waals surface area contributed by atoms with Gasteiger partial charge in [-0.1, -0.05) is 6.42 Å². The average Bonchev–Trinajstić information content (AvgIpc) is 3.21. The molecule has 1 atom stereocenters. The van der Waals surface area contributed by atoms with Crippen LogP contribution in [0, 0.1) is 0 Å². The molecule has 0 saturated carbocycles. The largest absolute Gasteiger partial charge is 0.452 e. The number of amides is 1. The second kappa shape index (κ2) is 8.39. The zero-order chi connectivity index (χ0) is 19.4. The van der Waals surface area contributed by atoms with Gasteiger partial charge in [-0.15, -0.1) is 0 Å². The molecule has 2 aliphatic rings. The molecule has 0 aromatic heterocycles. The molecule has 0 unspecified atom stereocenters. The molecule has 0 N–H and O–H groups in total. The van der Waals surface area contributed by atoms with Gasteiger partial charge in [0, 0.05) is 25.7 Å².